The van der Waals surface area contributed by atoms with E-state index in [1.165, 1.54) is 38.4 Å². The highest BCUT2D eigenvalue weighted by Gasteiger charge is 2.14. The number of aromatic carboxylic acids is 1. The van der Waals surface area contributed by atoms with Crippen molar-refractivity contribution in [3.63, 3.8) is 0 Å². The van der Waals surface area contributed by atoms with Gasteiger partial charge in [-0.15, -0.1) is 0 Å². The molecule has 1 fully saturated rings. The van der Waals surface area contributed by atoms with Crippen LogP contribution in [-0.4, -0.2) is 34.1 Å². The average molecular weight is 285 g/mol. The van der Waals surface area contributed by atoms with Crippen LogP contribution in [0.5, 0.6) is 0 Å². The molecule has 5 nitrogen and oxygen atoms in total. The van der Waals surface area contributed by atoms with E-state index >= 15 is 0 Å². The van der Waals surface area contributed by atoms with E-state index in [1.807, 2.05) is 6.07 Å². The van der Waals surface area contributed by atoms with Crippen molar-refractivity contribution in [3.8, 4) is 0 Å². The Morgan fingerprint density at radius 1 is 1.05 bits per heavy atom. The molecule has 0 amide bonds. The van der Waals surface area contributed by atoms with Gasteiger partial charge in [-0.3, -0.25) is 0 Å². The number of carboxylic acids is 1. The Balaban J connectivity index is 1.99. The second-order valence-corrected chi connectivity index (χ2v) is 5.49. The molecule has 21 heavy (non-hydrogen) atoms. The fourth-order valence-corrected chi connectivity index (χ4v) is 2.89. The third-order valence-electron chi connectivity index (χ3n) is 4.02. The molecular weight excluding hydrogens is 266 g/mol. The van der Waals surface area contributed by atoms with Crippen molar-refractivity contribution in [1.82, 2.24) is 9.97 Å². The Morgan fingerprint density at radius 3 is 2.48 bits per heavy atom. The topological polar surface area (TPSA) is 66.3 Å². The Bertz CT molecular complexity index is 649. The molecule has 110 valence electrons. The van der Waals surface area contributed by atoms with Crippen molar-refractivity contribution >= 4 is 22.7 Å². The highest BCUT2D eigenvalue weighted by molar-refractivity contribution is 5.96. The number of carboxylic acid groups (broad SMARTS) is 1. The summed E-state index contributed by atoms with van der Waals surface area (Å²) in [5.41, 5.74) is 0.960. The maximum absolute atomic E-state index is 11.1. The summed E-state index contributed by atoms with van der Waals surface area (Å²) in [5.74, 6) is 0.00200. The van der Waals surface area contributed by atoms with Gasteiger partial charge in [0, 0.05) is 18.5 Å². The highest BCUT2D eigenvalue weighted by atomic mass is 16.4. The first kappa shape index (κ1) is 13.8. The van der Waals surface area contributed by atoms with E-state index in [2.05, 4.69) is 14.9 Å². The van der Waals surface area contributed by atoms with Crippen molar-refractivity contribution in [3.05, 3.63) is 30.1 Å². The van der Waals surface area contributed by atoms with Gasteiger partial charge in [0.2, 0.25) is 0 Å². The van der Waals surface area contributed by atoms with Crippen molar-refractivity contribution in [2.75, 3.05) is 18.0 Å². The van der Waals surface area contributed by atoms with Gasteiger partial charge in [0.05, 0.1) is 11.1 Å². The van der Waals surface area contributed by atoms with Crippen LogP contribution >= 0.6 is 0 Å². The second kappa shape index (κ2) is 6.08. The summed E-state index contributed by atoms with van der Waals surface area (Å²) in [5, 5.41) is 10.0. The molecule has 0 saturated carbocycles. The normalized spacial score (nSPS) is 16.5. The number of aromatic nitrogens is 2. The van der Waals surface area contributed by atoms with Crippen LogP contribution in [0.15, 0.2) is 24.5 Å². The quantitative estimate of drug-likeness (QED) is 0.918. The van der Waals surface area contributed by atoms with E-state index in [-0.39, 0.29) is 5.56 Å². The lowest BCUT2D eigenvalue weighted by atomic mass is 10.1. The molecule has 5 heteroatoms. The minimum atomic E-state index is -0.927. The first-order valence-electron chi connectivity index (χ1n) is 7.49. The van der Waals surface area contributed by atoms with Gasteiger partial charge in [-0.2, -0.15) is 0 Å². The van der Waals surface area contributed by atoms with Crippen molar-refractivity contribution in [1.29, 1.82) is 0 Å². The lowest BCUT2D eigenvalue weighted by Crippen LogP contribution is -2.28. The third-order valence-corrected chi connectivity index (χ3v) is 4.02. The van der Waals surface area contributed by atoms with Crippen molar-refractivity contribution in [2.24, 2.45) is 0 Å². The minimum absolute atomic E-state index is 0.264. The van der Waals surface area contributed by atoms with Gasteiger partial charge >= 0.3 is 5.97 Å². The standard InChI is InChI=1S/C16H19N3O2/c20-16(21)12-6-7-13-14(10-12)17-11-18-15(13)19-8-4-2-1-3-5-9-19/h6-7,10-11H,1-5,8-9H2,(H,20,21). The summed E-state index contributed by atoms with van der Waals surface area (Å²) in [6.07, 6.45) is 7.74. The number of anilines is 1. The average Bonchev–Trinajstić information content (AvgIpc) is 2.46. The van der Waals surface area contributed by atoms with E-state index in [9.17, 15) is 4.79 Å². The summed E-state index contributed by atoms with van der Waals surface area (Å²) in [6, 6.07) is 5.07. The molecular formula is C16H19N3O2. The first-order valence-corrected chi connectivity index (χ1v) is 7.49. The van der Waals surface area contributed by atoms with Crippen LogP contribution in [0.3, 0.4) is 0 Å². The van der Waals surface area contributed by atoms with Crippen LogP contribution in [0.4, 0.5) is 5.82 Å². The molecule has 0 atom stereocenters. The summed E-state index contributed by atoms with van der Waals surface area (Å²) < 4.78 is 0. The fourth-order valence-electron chi connectivity index (χ4n) is 2.89. The number of hydrogen-bond acceptors (Lipinski definition) is 4. The number of nitrogens with zero attached hydrogens (tertiary/aromatic N) is 3. The Kier molecular flexibility index (Phi) is 3.99. The molecule has 1 aromatic carbocycles. The van der Waals surface area contributed by atoms with E-state index in [0.29, 0.717) is 5.52 Å². The highest BCUT2D eigenvalue weighted by Crippen LogP contribution is 2.25. The second-order valence-electron chi connectivity index (χ2n) is 5.49. The van der Waals surface area contributed by atoms with E-state index in [4.69, 9.17) is 5.11 Å². The lowest BCUT2D eigenvalue weighted by molar-refractivity contribution is 0.0697. The molecule has 0 spiro atoms. The van der Waals surface area contributed by atoms with Crippen LogP contribution in [0.2, 0.25) is 0 Å². The van der Waals surface area contributed by atoms with Gasteiger partial charge in [0.25, 0.3) is 0 Å². The summed E-state index contributed by atoms with van der Waals surface area (Å²) in [7, 11) is 0. The van der Waals surface area contributed by atoms with Crippen LogP contribution in [-0.2, 0) is 0 Å². The molecule has 1 aliphatic heterocycles. The molecule has 1 aliphatic rings. The van der Waals surface area contributed by atoms with Crippen LogP contribution in [0, 0.1) is 0 Å². The monoisotopic (exact) mass is 285 g/mol. The number of hydrogen-bond donors (Lipinski definition) is 1. The molecule has 3 rings (SSSR count). The largest absolute Gasteiger partial charge is 0.478 e. The Labute approximate surface area is 123 Å². The maximum Gasteiger partial charge on any atom is 0.335 e. The molecule has 0 aliphatic carbocycles. The predicted molar refractivity (Wildman–Crippen MR) is 81.8 cm³/mol. The summed E-state index contributed by atoms with van der Waals surface area (Å²) in [4.78, 5) is 22.0. The molecule has 2 heterocycles. The number of benzene rings is 1. The third kappa shape index (κ3) is 2.96. The van der Waals surface area contributed by atoms with Gasteiger partial charge in [-0.25, -0.2) is 14.8 Å². The van der Waals surface area contributed by atoms with Crippen molar-refractivity contribution in [2.45, 2.75) is 32.1 Å². The number of rotatable bonds is 2. The van der Waals surface area contributed by atoms with Gasteiger partial charge < -0.3 is 10.0 Å². The smallest absolute Gasteiger partial charge is 0.335 e. The van der Waals surface area contributed by atoms with E-state index in [0.717, 1.165) is 24.3 Å². The van der Waals surface area contributed by atoms with Crippen molar-refractivity contribution < 1.29 is 9.90 Å². The van der Waals surface area contributed by atoms with Crippen LogP contribution < -0.4 is 4.90 Å². The Hall–Kier alpha value is -2.17. The van der Waals surface area contributed by atoms with Gasteiger partial charge in [-0.05, 0) is 31.0 Å². The predicted octanol–water partition coefficient (Wildman–Crippen LogP) is 3.10. The number of fused-ring (bicyclic) bond motifs is 1. The molecule has 0 radical (unpaired) electrons. The summed E-state index contributed by atoms with van der Waals surface area (Å²) in [6.45, 7) is 2.01. The minimum Gasteiger partial charge on any atom is -0.478 e. The van der Waals surface area contributed by atoms with Crippen LogP contribution in [0.1, 0.15) is 42.5 Å². The van der Waals surface area contributed by atoms with Crippen LogP contribution in [0.25, 0.3) is 10.9 Å². The van der Waals surface area contributed by atoms with Gasteiger partial charge in [0.1, 0.15) is 12.1 Å². The van der Waals surface area contributed by atoms with Gasteiger partial charge in [-0.1, -0.05) is 19.3 Å². The fraction of sp³-hybridized carbons (Fsp3) is 0.438. The zero-order chi connectivity index (χ0) is 14.7. The molecule has 1 saturated heterocycles. The zero-order valence-electron chi connectivity index (χ0n) is 12.0. The SMILES string of the molecule is O=C(O)c1ccc2c(N3CCCCCCC3)ncnc2c1. The van der Waals surface area contributed by atoms with Gasteiger partial charge in [0.15, 0.2) is 0 Å². The molecule has 0 unspecified atom stereocenters. The molecule has 2 aromatic rings. The van der Waals surface area contributed by atoms with E-state index in [1.54, 1.807) is 12.1 Å². The molecule has 0 bridgehead atoms. The number of carbonyl (C=O) groups is 1. The Morgan fingerprint density at radius 2 is 1.76 bits per heavy atom. The van der Waals surface area contributed by atoms with E-state index < -0.39 is 5.97 Å². The summed E-state index contributed by atoms with van der Waals surface area (Å²) >= 11 is 0. The maximum atomic E-state index is 11.1. The molecule has 1 aromatic heterocycles. The molecule has 1 N–H and O–H groups in total. The zero-order valence-corrected chi connectivity index (χ0v) is 12.0. The lowest BCUT2D eigenvalue weighted by Gasteiger charge is -2.26. The first-order chi connectivity index (χ1) is 10.3.